The number of hydrogen-bond acceptors (Lipinski definition) is 4. The number of aromatic nitrogens is 2. The monoisotopic (exact) mass is 358 g/mol. The molecule has 1 fully saturated rings. The van der Waals surface area contributed by atoms with Crippen molar-refractivity contribution in [1.82, 2.24) is 15.1 Å². The van der Waals surface area contributed by atoms with E-state index in [2.05, 4.69) is 10.4 Å². The molecular weight excluding hydrogens is 328 g/mol. The van der Waals surface area contributed by atoms with Crippen LogP contribution in [-0.4, -0.2) is 27.5 Å². The Morgan fingerprint density at radius 1 is 1.27 bits per heavy atom. The first-order chi connectivity index (χ1) is 12.1. The molecule has 1 amide bonds. The third-order valence-electron chi connectivity index (χ3n) is 4.82. The van der Waals surface area contributed by atoms with Gasteiger partial charge in [-0.2, -0.15) is 10.4 Å². The number of amides is 1. The van der Waals surface area contributed by atoms with Gasteiger partial charge < -0.3 is 5.32 Å². The molecule has 0 radical (unpaired) electrons. The third-order valence-corrected chi connectivity index (χ3v) is 4.82. The predicted octanol–water partition coefficient (Wildman–Crippen LogP) is 3.53. The molecule has 1 aromatic heterocycles. The number of nitrogens with zero attached hydrogens (tertiary/aromatic N) is 3. The van der Waals surface area contributed by atoms with E-state index in [-0.39, 0.29) is 23.2 Å². The minimum Gasteiger partial charge on any atom is -0.352 e. The van der Waals surface area contributed by atoms with Crippen LogP contribution in [0.1, 0.15) is 88.8 Å². The highest BCUT2D eigenvalue weighted by Crippen LogP contribution is 2.25. The number of nitriles is 1. The maximum Gasteiger partial charge on any atom is 0.245 e. The highest BCUT2D eigenvalue weighted by atomic mass is 16.2. The van der Waals surface area contributed by atoms with Gasteiger partial charge in [0, 0.05) is 11.7 Å². The molecule has 1 aliphatic rings. The molecule has 1 atom stereocenters. The van der Waals surface area contributed by atoms with Crippen molar-refractivity contribution in [3.05, 3.63) is 17.5 Å². The van der Waals surface area contributed by atoms with E-state index in [1.807, 2.05) is 45.4 Å². The lowest BCUT2D eigenvalue weighted by molar-refractivity contribution is -0.123. The molecule has 0 aromatic carbocycles. The van der Waals surface area contributed by atoms with Crippen LogP contribution in [0, 0.1) is 17.2 Å². The van der Waals surface area contributed by atoms with Crippen molar-refractivity contribution >= 4 is 11.7 Å². The van der Waals surface area contributed by atoms with E-state index in [4.69, 9.17) is 0 Å². The molecule has 0 aliphatic heterocycles. The minimum atomic E-state index is -1.35. The number of carbonyl (C=O) groups excluding carboxylic acids is 2. The Labute approximate surface area is 156 Å². The second-order valence-electron chi connectivity index (χ2n) is 8.46. The lowest BCUT2D eigenvalue weighted by atomic mass is 9.94. The smallest absolute Gasteiger partial charge is 0.245 e. The standard InChI is InChI=1S/C20H30N4O2/c1-13(2)17-11-16(23-24(17)20(3,4)5)18(25)15(12-21)19(26)22-14-9-7-6-8-10-14/h11,13-15H,6-10H2,1-5H3,(H,22,26). The fraction of sp³-hybridized carbons (Fsp3) is 0.700. The van der Waals surface area contributed by atoms with Crippen LogP contribution in [0.5, 0.6) is 0 Å². The number of ketones is 1. The third kappa shape index (κ3) is 4.51. The van der Waals surface area contributed by atoms with Crippen LogP contribution in [0.15, 0.2) is 6.07 Å². The lowest BCUT2D eigenvalue weighted by Gasteiger charge is -2.24. The van der Waals surface area contributed by atoms with Gasteiger partial charge in [0.25, 0.3) is 0 Å². The highest BCUT2D eigenvalue weighted by molar-refractivity contribution is 6.11. The molecule has 1 saturated carbocycles. The number of rotatable bonds is 5. The first kappa shape index (κ1) is 20.2. The summed E-state index contributed by atoms with van der Waals surface area (Å²) in [5, 5.41) is 16.8. The van der Waals surface area contributed by atoms with Gasteiger partial charge in [0.05, 0.1) is 11.6 Å². The molecule has 0 bridgehead atoms. The van der Waals surface area contributed by atoms with E-state index in [0.717, 1.165) is 31.4 Å². The Morgan fingerprint density at radius 2 is 1.88 bits per heavy atom. The molecule has 1 heterocycles. The number of nitrogens with one attached hydrogen (secondary N) is 1. The summed E-state index contributed by atoms with van der Waals surface area (Å²) < 4.78 is 1.82. The zero-order valence-corrected chi connectivity index (χ0v) is 16.5. The molecule has 1 aliphatic carbocycles. The summed E-state index contributed by atoms with van der Waals surface area (Å²) in [5.41, 5.74) is 0.823. The number of carbonyl (C=O) groups is 2. The maximum atomic E-state index is 12.8. The van der Waals surface area contributed by atoms with Crippen molar-refractivity contribution in [3.8, 4) is 6.07 Å². The van der Waals surface area contributed by atoms with Crippen molar-refractivity contribution < 1.29 is 9.59 Å². The minimum absolute atomic E-state index is 0.0678. The van der Waals surface area contributed by atoms with Crippen LogP contribution in [0.2, 0.25) is 0 Å². The Bertz CT molecular complexity index is 700. The van der Waals surface area contributed by atoms with Gasteiger partial charge in [-0.15, -0.1) is 0 Å². The Balaban J connectivity index is 2.22. The summed E-state index contributed by atoms with van der Waals surface area (Å²) in [5.74, 6) is -2.19. The Morgan fingerprint density at radius 3 is 2.35 bits per heavy atom. The average Bonchev–Trinajstić information content (AvgIpc) is 3.02. The first-order valence-electron chi connectivity index (χ1n) is 9.49. The van der Waals surface area contributed by atoms with Crippen LogP contribution in [0.3, 0.4) is 0 Å². The molecule has 1 aromatic rings. The Hall–Kier alpha value is -2.16. The van der Waals surface area contributed by atoms with Crippen molar-refractivity contribution in [2.24, 2.45) is 5.92 Å². The van der Waals surface area contributed by atoms with Gasteiger partial charge in [-0.3, -0.25) is 14.3 Å². The largest absolute Gasteiger partial charge is 0.352 e. The van der Waals surface area contributed by atoms with Crippen LogP contribution in [-0.2, 0) is 10.3 Å². The van der Waals surface area contributed by atoms with Gasteiger partial charge in [0.2, 0.25) is 11.7 Å². The van der Waals surface area contributed by atoms with E-state index in [1.54, 1.807) is 6.07 Å². The van der Waals surface area contributed by atoms with Crippen molar-refractivity contribution in [2.75, 3.05) is 0 Å². The molecule has 6 nitrogen and oxygen atoms in total. The molecular formula is C20H30N4O2. The summed E-state index contributed by atoms with van der Waals surface area (Å²) in [6.07, 6.45) is 5.14. The van der Waals surface area contributed by atoms with E-state index < -0.39 is 17.6 Å². The van der Waals surface area contributed by atoms with Gasteiger partial charge in [-0.05, 0) is 45.6 Å². The van der Waals surface area contributed by atoms with Gasteiger partial charge in [0.1, 0.15) is 5.69 Å². The van der Waals surface area contributed by atoms with E-state index in [9.17, 15) is 14.9 Å². The predicted molar refractivity (Wildman–Crippen MR) is 99.8 cm³/mol. The van der Waals surface area contributed by atoms with Crippen LogP contribution in [0.4, 0.5) is 0 Å². The van der Waals surface area contributed by atoms with Gasteiger partial charge >= 0.3 is 0 Å². The molecule has 6 heteroatoms. The Kier molecular flexibility index (Phi) is 6.22. The molecule has 2 rings (SSSR count). The zero-order chi connectivity index (χ0) is 19.5. The van der Waals surface area contributed by atoms with Crippen LogP contribution in [0.25, 0.3) is 0 Å². The number of Topliss-reactive ketones (excluding diaryl/α,β-unsaturated/α-hetero) is 1. The van der Waals surface area contributed by atoms with Crippen molar-refractivity contribution in [1.29, 1.82) is 5.26 Å². The topological polar surface area (TPSA) is 87.8 Å². The normalized spacial score (nSPS) is 17.0. The summed E-state index contributed by atoms with van der Waals surface area (Å²) in [7, 11) is 0. The quantitative estimate of drug-likeness (QED) is 0.644. The summed E-state index contributed by atoms with van der Waals surface area (Å²) in [4.78, 5) is 25.3. The summed E-state index contributed by atoms with van der Waals surface area (Å²) in [6, 6.07) is 3.66. The summed E-state index contributed by atoms with van der Waals surface area (Å²) in [6.45, 7) is 10.1. The molecule has 0 spiro atoms. The maximum absolute atomic E-state index is 12.8. The SMILES string of the molecule is CC(C)c1cc(C(=O)C(C#N)C(=O)NC2CCCCC2)nn1C(C)(C)C. The van der Waals surface area contributed by atoms with E-state index in [1.165, 1.54) is 6.42 Å². The lowest BCUT2D eigenvalue weighted by Crippen LogP contribution is -2.42. The van der Waals surface area contributed by atoms with Crippen LogP contribution < -0.4 is 5.32 Å². The first-order valence-corrected chi connectivity index (χ1v) is 9.49. The summed E-state index contributed by atoms with van der Waals surface area (Å²) >= 11 is 0. The fourth-order valence-electron chi connectivity index (χ4n) is 3.38. The van der Waals surface area contributed by atoms with Gasteiger partial charge in [-0.25, -0.2) is 0 Å². The molecule has 1 N–H and O–H groups in total. The second-order valence-corrected chi connectivity index (χ2v) is 8.46. The molecule has 26 heavy (non-hydrogen) atoms. The highest BCUT2D eigenvalue weighted by Gasteiger charge is 2.33. The fourth-order valence-corrected chi connectivity index (χ4v) is 3.38. The molecule has 1 unspecified atom stereocenters. The van der Waals surface area contributed by atoms with Gasteiger partial charge in [-0.1, -0.05) is 33.1 Å². The number of hydrogen-bond donors (Lipinski definition) is 1. The molecule has 0 saturated heterocycles. The van der Waals surface area contributed by atoms with Crippen molar-refractivity contribution in [3.63, 3.8) is 0 Å². The van der Waals surface area contributed by atoms with Gasteiger partial charge in [0.15, 0.2) is 5.92 Å². The second kappa shape index (κ2) is 8.03. The van der Waals surface area contributed by atoms with Crippen LogP contribution >= 0.6 is 0 Å². The zero-order valence-electron chi connectivity index (χ0n) is 16.5. The van der Waals surface area contributed by atoms with E-state index in [0.29, 0.717) is 0 Å². The average molecular weight is 358 g/mol. The van der Waals surface area contributed by atoms with E-state index >= 15 is 0 Å². The molecule has 142 valence electrons. The van der Waals surface area contributed by atoms with Crippen molar-refractivity contribution in [2.45, 2.75) is 84.2 Å².